The van der Waals surface area contributed by atoms with Crippen LogP contribution < -0.4 is 14.4 Å². The molecule has 5 nitrogen and oxygen atoms in total. The predicted octanol–water partition coefficient (Wildman–Crippen LogP) is 4.99. The van der Waals surface area contributed by atoms with Gasteiger partial charge in [0.05, 0.1) is 17.2 Å². The molecular weight excluding hydrogens is 398 g/mol. The second-order valence-corrected chi connectivity index (χ2v) is 7.06. The van der Waals surface area contributed by atoms with Crippen LogP contribution in [0.4, 0.5) is 10.5 Å². The number of hydrogen-bond donors (Lipinski definition) is 0. The molecule has 0 spiro atoms. The molecule has 0 N–H and O–H groups in total. The summed E-state index contributed by atoms with van der Waals surface area (Å²) in [6, 6.07) is 11.8. The average molecular weight is 414 g/mol. The van der Waals surface area contributed by atoms with E-state index in [-0.39, 0.29) is 11.8 Å². The van der Waals surface area contributed by atoms with Crippen molar-refractivity contribution in [3.63, 3.8) is 0 Å². The Balaban J connectivity index is 1.89. The molecule has 0 aliphatic carbocycles. The van der Waals surface area contributed by atoms with E-state index < -0.39 is 5.91 Å². The number of ether oxygens (including phenoxy) is 2. The van der Waals surface area contributed by atoms with Gasteiger partial charge in [-0.25, -0.2) is 4.90 Å². The lowest BCUT2D eigenvalue weighted by Gasteiger charge is -2.12. The maximum Gasteiger partial charge on any atom is 0.298 e. The van der Waals surface area contributed by atoms with Crippen molar-refractivity contribution in [3.05, 3.63) is 58.0 Å². The van der Waals surface area contributed by atoms with Crippen molar-refractivity contribution in [1.82, 2.24) is 0 Å². The van der Waals surface area contributed by atoms with E-state index in [9.17, 15) is 9.59 Å². The van der Waals surface area contributed by atoms with Crippen molar-refractivity contribution < 1.29 is 19.1 Å². The summed E-state index contributed by atoms with van der Waals surface area (Å²) in [7, 11) is 0. The Morgan fingerprint density at radius 3 is 2.71 bits per heavy atom. The zero-order valence-corrected chi connectivity index (χ0v) is 16.5. The van der Waals surface area contributed by atoms with E-state index in [4.69, 9.17) is 27.5 Å². The summed E-state index contributed by atoms with van der Waals surface area (Å²) in [5.41, 5.74) is 1.14. The van der Waals surface area contributed by atoms with Crippen LogP contribution in [0.5, 0.6) is 11.5 Å². The summed E-state index contributed by atoms with van der Waals surface area (Å²) < 4.78 is 11.0. The minimum Gasteiger partial charge on any atom is -0.490 e. The van der Waals surface area contributed by atoms with Gasteiger partial charge in [0.1, 0.15) is 6.61 Å². The van der Waals surface area contributed by atoms with Gasteiger partial charge in [-0.2, -0.15) is 0 Å². The molecule has 0 radical (unpaired) electrons. The minimum absolute atomic E-state index is 0.123. The van der Waals surface area contributed by atoms with Gasteiger partial charge in [0.2, 0.25) is 0 Å². The monoisotopic (exact) mass is 413 g/mol. The number of amides is 2. The van der Waals surface area contributed by atoms with E-state index in [2.05, 4.69) is 5.92 Å². The fourth-order valence-corrected chi connectivity index (χ4v) is 3.60. The highest BCUT2D eigenvalue weighted by Gasteiger charge is 2.36. The molecule has 0 saturated carbocycles. The van der Waals surface area contributed by atoms with Gasteiger partial charge in [0.15, 0.2) is 11.5 Å². The van der Waals surface area contributed by atoms with Crippen LogP contribution in [0.25, 0.3) is 6.08 Å². The molecule has 1 aliphatic heterocycles. The van der Waals surface area contributed by atoms with E-state index in [0.717, 1.165) is 16.7 Å². The highest BCUT2D eigenvalue weighted by atomic mass is 35.5. The molecule has 2 amide bonds. The van der Waals surface area contributed by atoms with Crippen LogP contribution in [0.3, 0.4) is 0 Å². The molecule has 0 atom stereocenters. The highest BCUT2D eigenvalue weighted by molar-refractivity contribution is 8.19. The first-order chi connectivity index (χ1) is 13.5. The van der Waals surface area contributed by atoms with Crippen molar-refractivity contribution >= 4 is 46.3 Å². The van der Waals surface area contributed by atoms with Crippen LogP contribution in [0.15, 0.2) is 47.4 Å². The van der Waals surface area contributed by atoms with Crippen LogP contribution in [-0.4, -0.2) is 24.4 Å². The Morgan fingerprint density at radius 1 is 1.18 bits per heavy atom. The van der Waals surface area contributed by atoms with Gasteiger partial charge in [0, 0.05) is 5.02 Å². The zero-order valence-electron chi connectivity index (χ0n) is 15.0. The fourth-order valence-electron chi connectivity index (χ4n) is 2.58. The molecule has 1 saturated heterocycles. The summed E-state index contributed by atoms with van der Waals surface area (Å²) in [6.45, 7) is 2.42. The molecule has 0 unspecified atom stereocenters. The number of rotatable bonds is 6. The zero-order chi connectivity index (χ0) is 20.1. The lowest BCUT2D eigenvalue weighted by molar-refractivity contribution is -0.113. The average Bonchev–Trinajstić information content (AvgIpc) is 2.94. The first kappa shape index (κ1) is 19.9. The molecule has 3 rings (SSSR count). The third kappa shape index (κ3) is 4.33. The Morgan fingerprint density at radius 2 is 2.00 bits per heavy atom. The van der Waals surface area contributed by atoms with E-state index >= 15 is 0 Å². The van der Waals surface area contributed by atoms with Gasteiger partial charge < -0.3 is 9.47 Å². The molecule has 0 aromatic heterocycles. The van der Waals surface area contributed by atoms with E-state index in [1.54, 1.807) is 48.5 Å². The van der Waals surface area contributed by atoms with Crippen LogP contribution in [-0.2, 0) is 4.79 Å². The SMILES string of the molecule is C#CCOc1ccc(C=C2SC(=O)N(c3cccc(Cl)c3)C2=O)cc1OCC. The first-order valence-electron chi connectivity index (χ1n) is 8.40. The number of thioether (sulfide) groups is 1. The van der Waals surface area contributed by atoms with Crippen molar-refractivity contribution in [2.24, 2.45) is 0 Å². The van der Waals surface area contributed by atoms with E-state index in [1.165, 1.54) is 0 Å². The summed E-state index contributed by atoms with van der Waals surface area (Å²) in [6.07, 6.45) is 6.87. The number of halogens is 1. The summed E-state index contributed by atoms with van der Waals surface area (Å²) in [5, 5.41) is 0.0713. The smallest absolute Gasteiger partial charge is 0.298 e. The number of hydrogen-bond acceptors (Lipinski definition) is 5. The molecule has 0 bridgehead atoms. The Labute approximate surface area is 172 Å². The number of benzene rings is 2. The summed E-state index contributed by atoms with van der Waals surface area (Å²) in [4.78, 5) is 26.5. The largest absolute Gasteiger partial charge is 0.490 e. The molecule has 7 heteroatoms. The van der Waals surface area contributed by atoms with Crippen LogP contribution in [0, 0.1) is 12.3 Å². The number of imide groups is 1. The molecule has 2 aromatic rings. The molecule has 28 heavy (non-hydrogen) atoms. The summed E-state index contributed by atoms with van der Waals surface area (Å²) >= 11 is 6.85. The van der Waals surface area contributed by atoms with Gasteiger partial charge in [0.25, 0.3) is 11.1 Å². The molecule has 1 aliphatic rings. The molecule has 1 fully saturated rings. The maximum atomic E-state index is 12.7. The Hall–Kier alpha value is -2.88. The van der Waals surface area contributed by atoms with Crippen LogP contribution >= 0.6 is 23.4 Å². The number of carbonyl (C=O) groups excluding carboxylic acids is 2. The van der Waals surface area contributed by atoms with Crippen molar-refractivity contribution in [3.8, 4) is 23.8 Å². The predicted molar refractivity (Wildman–Crippen MR) is 112 cm³/mol. The standard InChI is InChI=1S/C21H16ClNO4S/c1-3-10-27-17-9-8-14(11-18(17)26-4-2)12-19-20(24)23(21(25)28-19)16-7-5-6-15(22)13-16/h1,5-9,11-13H,4,10H2,2H3. The number of nitrogens with zero attached hydrogens (tertiary/aromatic N) is 1. The van der Waals surface area contributed by atoms with Crippen LogP contribution in [0.2, 0.25) is 5.02 Å². The molecule has 1 heterocycles. The van der Waals surface area contributed by atoms with E-state index in [0.29, 0.717) is 39.3 Å². The minimum atomic E-state index is -0.400. The van der Waals surface area contributed by atoms with E-state index in [1.807, 2.05) is 6.92 Å². The van der Waals surface area contributed by atoms with Crippen molar-refractivity contribution in [2.75, 3.05) is 18.1 Å². The number of anilines is 1. The Bertz CT molecular complexity index is 996. The second-order valence-electron chi connectivity index (χ2n) is 5.63. The maximum absolute atomic E-state index is 12.7. The lowest BCUT2D eigenvalue weighted by Crippen LogP contribution is -2.27. The number of terminal acetylenes is 1. The van der Waals surface area contributed by atoms with Gasteiger partial charge in [-0.15, -0.1) is 6.42 Å². The van der Waals surface area contributed by atoms with Crippen molar-refractivity contribution in [1.29, 1.82) is 0 Å². The van der Waals surface area contributed by atoms with Gasteiger partial charge in [-0.1, -0.05) is 29.7 Å². The van der Waals surface area contributed by atoms with Crippen molar-refractivity contribution in [2.45, 2.75) is 6.92 Å². The van der Waals surface area contributed by atoms with Gasteiger partial charge >= 0.3 is 0 Å². The fraction of sp³-hybridized carbons (Fsp3) is 0.143. The quantitative estimate of drug-likeness (QED) is 0.493. The summed E-state index contributed by atoms with van der Waals surface area (Å²) in [5.74, 6) is 3.04. The van der Waals surface area contributed by atoms with Gasteiger partial charge in [-0.05, 0) is 60.7 Å². The van der Waals surface area contributed by atoms with Gasteiger partial charge in [-0.3, -0.25) is 9.59 Å². The number of carbonyl (C=O) groups is 2. The molecular formula is C21H16ClNO4S. The molecule has 142 valence electrons. The first-order valence-corrected chi connectivity index (χ1v) is 9.59. The lowest BCUT2D eigenvalue weighted by atomic mass is 10.1. The highest BCUT2D eigenvalue weighted by Crippen LogP contribution is 2.37. The third-order valence-corrected chi connectivity index (χ3v) is 4.84. The Kier molecular flexibility index (Phi) is 6.30. The normalized spacial score (nSPS) is 15.0. The third-order valence-electron chi connectivity index (χ3n) is 3.74. The van der Waals surface area contributed by atoms with Crippen LogP contribution in [0.1, 0.15) is 12.5 Å². The molecule has 2 aromatic carbocycles. The second kappa shape index (κ2) is 8.87. The topological polar surface area (TPSA) is 55.8 Å².